The first kappa shape index (κ1) is 11.6. The zero-order chi connectivity index (χ0) is 11.7. The van der Waals surface area contributed by atoms with Crippen LogP contribution in [0.1, 0.15) is 35.5 Å². The second-order valence-electron chi connectivity index (χ2n) is 5.09. The highest BCUT2D eigenvalue weighted by Gasteiger charge is 2.27. The fourth-order valence-corrected chi connectivity index (χ4v) is 3.46. The molecule has 1 saturated heterocycles. The van der Waals surface area contributed by atoms with Crippen LogP contribution in [0.25, 0.3) is 0 Å². The van der Waals surface area contributed by atoms with Crippen molar-refractivity contribution in [2.24, 2.45) is 11.8 Å². The summed E-state index contributed by atoms with van der Waals surface area (Å²) in [4.78, 5) is 15.3. The highest BCUT2D eigenvalue weighted by Crippen LogP contribution is 2.25. The number of likely N-dealkylation sites (tertiary alicyclic amines) is 1. The van der Waals surface area contributed by atoms with Gasteiger partial charge in [-0.25, -0.2) is 0 Å². The van der Waals surface area contributed by atoms with Crippen molar-refractivity contribution >= 4 is 17.2 Å². The van der Waals surface area contributed by atoms with E-state index in [2.05, 4.69) is 13.8 Å². The van der Waals surface area contributed by atoms with Gasteiger partial charge in [0.25, 0.3) is 5.91 Å². The number of hydrogen-bond donors (Lipinski definition) is 0. The monoisotopic (exact) mass is 237 g/mol. The number of aryl methyl sites for hydroxylation is 1. The van der Waals surface area contributed by atoms with Gasteiger partial charge in [-0.05, 0) is 42.2 Å². The molecule has 2 heterocycles. The van der Waals surface area contributed by atoms with E-state index < -0.39 is 0 Å². The molecule has 1 fully saturated rings. The molecule has 88 valence electrons. The van der Waals surface area contributed by atoms with E-state index in [1.807, 2.05) is 23.3 Å². The molecule has 1 aromatic heterocycles. The van der Waals surface area contributed by atoms with Crippen LogP contribution in [0.4, 0.5) is 0 Å². The second-order valence-corrected chi connectivity index (χ2v) is 6.01. The van der Waals surface area contributed by atoms with Crippen LogP contribution in [0, 0.1) is 18.8 Å². The second kappa shape index (κ2) is 4.58. The minimum Gasteiger partial charge on any atom is -0.337 e. The van der Waals surface area contributed by atoms with E-state index in [1.165, 1.54) is 6.42 Å². The molecule has 2 nitrogen and oxygen atoms in total. The third-order valence-corrected chi connectivity index (χ3v) is 4.22. The van der Waals surface area contributed by atoms with Gasteiger partial charge in [-0.15, -0.1) is 11.3 Å². The van der Waals surface area contributed by atoms with Gasteiger partial charge in [0.1, 0.15) is 0 Å². The highest BCUT2D eigenvalue weighted by molar-refractivity contribution is 7.12. The number of amides is 1. The Bertz CT molecular complexity index is 375. The van der Waals surface area contributed by atoms with Gasteiger partial charge in [-0.2, -0.15) is 0 Å². The molecule has 0 aromatic carbocycles. The summed E-state index contributed by atoms with van der Waals surface area (Å²) in [6.45, 7) is 8.32. The molecule has 1 aromatic rings. The molecule has 1 amide bonds. The molecular formula is C13H19NOS. The summed E-state index contributed by atoms with van der Waals surface area (Å²) in [7, 11) is 0. The van der Waals surface area contributed by atoms with E-state index >= 15 is 0 Å². The largest absolute Gasteiger partial charge is 0.337 e. The van der Waals surface area contributed by atoms with E-state index in [-0.39, 0.29) is 5.91 Å². The summed E-state index contributed by atoms with van der Waals surface area (Å²) in [6.07, 6.45) is 1.24. The van der Waals surface area contributed by atoms with E-state index in [0.717, 1.165) is 23.5 Å². The predicted molar refractivity (Wildman–Crippen MR) is 67.9 cm³/mol. The van der Waals surface area contributed by atoms with Crippen molar-refractivity contribution in [1.29, 1.82) is 0 Å². The van der Waals surface area contributed by atoms with E-state index in [9.17, 15) is 4.79 Å². The van der Waals surface area contributed by atoms with Gasteiger partial charge in [0.2, 0.25) is 0 Å². The highest BCUT2D eigenvalue weighted by atomic mass is 32.1. The normalized spacial score (nSPS) is 25.8. The fourth-order valence-electron chi connectivity index (χ4n) is 2.56. The summed E-state index contributed by atoms with van der Waals surface area (Å²) in [5.41, 5.74) is 1.11. The lowest BCUT2D eigenvalue weighted by atomic mass is 9.92. The number of carbonyl (C=O) groups is 1. The topological polar surface area (TPSA) is 20.3 Å². The summed E-state index contributed by atoms with van der Waals surface area (Å²) in [5, 5.41) is 2.00. The first-order chi connectivity index (χ1) is 7.58. The number of nitrogens with zero attached hydrogens (tertiary/aromatic N) is 1. The molecule has 0 spiro atoms. The van der Waals surface area contributed by atoms with Crippen molar-refractivity contribution in [3.8, 4) is 0 Å². The fraction of sp³-hybridized carbons (Fsp3) is 0.615. The molecule has 1 aliphatic rings. The van der Waals surface area contributed by atoms with Crippen LogP contribution in [-0.4, -0.2) is 23.9 Å². The number of hydrogen-bond acceptors (Lipinski definition) is 2. The molecule has 3 heteroatoms. The van der Waals surface area contributed by atoms with Gasteiger partial charge in [-0.1, -0.05) is 13.8 Å². The van der Waals surface area contributed by atoms with Crippen LogP contribution in [0.2, 0.25) is 0 Å². The number of carbonyl (C=O) groups excluding carboxylic acids is 1. The molecule has 0 unspecified atom stereocenters. The Balaban J connectivity index is 2.13. The zero-order valence-electron chi connectivity index (χ0n) is 10.2. The molecule has 0 N–H and O–H groups in total. The molecule has 16 heavy (non-hydrogen) atoms. The van der Waals surface area contributed by atoms with Crippen molar-refractivity contribution in [2.45, 2.75) is 27.2 Å². The maximum atomic E-state index is 12.3. The minimum absolute atomic E-state index is 0.228. The Morgan fingerprint density at radius 3 is 2.50 bits per heavy atom. The Hall–Kier alpha value is -0.830. The maximum Gasteiger partial charge on any atom is 0.264 e. The van der Waals surface area contributed by atoms with Gasteiger partial charge in [0, 0.05) is 13.1 Å². The van der Waals surface area contributed by atoms with Crippen LogP contribution >= 0.6 is 11.3 Å². The van der Waals surface area contributed by atoms with Crippen LogP contribution < -0.4 is 0 Å². The van der Waals surface area contributed by atoms with E-state index in [1.54, 1.807) is 11.3 Å². The molecule has 2 rings (SSSR count). The van der Waals surface area contributed by atoms with Gasteiger partial charge in [-0.3, -0.25) is 4.79 Å². The molecule has 0 bridgehead atoms. The third-order valence-electron chi connectivity index (χ3n) is 3.21. The predicted octanol–water partition coefficient (Wildman–Crippen LogP) is 3.17. The first-order valence-electron chi connectivity index (χ1n) is 5.91. The van der Waals surface area contributed by atoms with Gasteiger partial charge >= 0.3 is 0 Å². The average molecular weight is 237 g/mol. The standard InChI is InChI=1S/C13H19NOS/c1-9-6-10(2)8-14(7-9)13(15)12-11(3)4-5-16-12/h4-5,9-10H,6-8H2,1-3H3/t9-,10-/m0/s1. The Morgan fingerprint density at radius 1 is 1.38 bits per heavy atom. The number of piperidine rings is 1. The first-order valence-corrected chi connectivity index (χ1v) is 6.79. The molecule has 2 atom stereocenters. The number of thiophene rings is 1. The molecule has 0 radical (unpaired) electrons. The van der Waals surface area contributed by atoms with E-state index in [0.29, 0.717) is 11.8 Å². The summed E-state index contributed by atoms with van der Waals surface area (Å²) in [6, 6.07) is 2.02. The lowest BCUT2D eigenvalue weighted by Crippen LogP contribution is -2.42. The average Bonchev–Trinajstić information content (AvgIpc) is 2.62. The zero-order valence-corrected chi connectivity index (χ0v) is 11.0. The maximum absolute atomic E-state index is 12.3. The lowest BCUT2D eigenvalue weighted by molar-refractivity contribution is 0.0627. The van der Waals surface area contributed by atoms with Crippen molar-refractivity contribution in [1.82, 2.24) is 4.90 Å². The Morgan fingerprint density at radius 2 is 2.00 bits per heavy atom. The summed E-state index contributed by atoms with van der Waals surface area (Å²) in [5.74, 6) is 1.49. The smallest absolute Gasteiger partial charge is 0.264 e. The van der Waals surface area contributed by atoms with Gasteiger partial charge < -0.3 is 4.90 Å². The van der Waals surface area contributed by atoms with Crippen LogP contribution in [0.15, 0.2) is 11.4 Å². The minimum atomic E-state index is 0.228. The van der Waals surface area contributed by atoms with Crippen molar-refractivity contribution in [3.05, 3.63) is 21.9 Å². The quantitative estimate of drug-likeness (QED) is 0.734. The van der Waals surface area contributed by atoms with Crippen molar-refractivity contribution in [3.63, 3.8) is 0 Å². The van der Waals surface area contributed by atoms with Crippen LogP contribution in [-0.2, 0) is 0 Å². The van der Waals surface area contributed by atoms with E-state index in [4.69, 9.17) is 0 Å². The molecule has 1 aliphatic heterocycles. The van der Waals surface area contributed by atoms with Crippen LogP contribution in [0.5, 0.6) is 0 Å². The van der Waals surface area contributed by atoms with Crippen LogP contribution in [0.3, 0.4) is 0 Å². The summed E-state index contributed by atoms with van der Waals surface area (Å²) < 4.78 is 0. The van der Waals surface area contributed by atoms with Crippen molar-refractivity contribution < 1.29 is 4.79 Å². The number of rotatable bonds is 1. The van der Waals surface area contributed by atoms with Gasteiger partial charge in [0.15, 0.2) is 0 Å². The van der Waals surface area contributed by atoms with Crippen molar-refractivity contribution in [2.75, 3.05) is 13.1 Å². The third kappa shape index (κ3) is 2.29. The summed E-state index contributed by atoms with van der Waals surface area (Å²) >= 11 is 1.56. The lowest BCUT2D eigenvalue weighted by Gasteiger charge is -2.34. The van der Waals surface area contributed by atoms with Gasteiger partial charge in [0.05, 0.1) is 4.88 Å². The Kier molecular flexibility index (Phi) is 3.33. The molecule has 0 saturated carbocycles. The Labute approximate surface area is 101 Å². The molecule has 0 aliphatic carbocycles. The molecular weight excluding hydrogens is 218 g/mol. The SMILES string of the molecule is Cc1ccsc1C(=O)N1C[C@@H](C)C[C@H](C)C1.